The number of aromatic nitrogens is 2. The number of hydrogen-bond acceptors (Lipinski definition) is 4. The molecule has 1 unspecified atom stereocenters. The lowest BCUT2D eigenvalue weighted by Gasteiger charge is -2.03. The van der Waals surface area contributed by atoms with Crippen LogP contribution in [-0.4, -0.2) is 16.5 Å². The summed E-state index contributed by atoms with van der Waals surface area (Å²) < 4.78 is 0. The lowest BCUT2D eigenvalue weighted by Crippen LogP contribution is -2.09. The normalized spacial score (nSPS) is 18.7. The van der Waals surface area contributed by atoms with Crippen LogP contribution in [0.2, 0.25) is 0 Å². The van der Waals surface area contributed by atoms with Gasteiger partial charge in [0.1, 0.15) is 5.01 Å². The molecule has 2 aromatic rings. The number of aryl methyl sites for hydroxylation is 1. The van der Waals surface area contributed by atoms with Gasteiger partial charge in [-0.2, -0.15) is 0 Å². The molecule has 1 atom stereocenters. The first-order valence-electron chi connectivity index (χ1n) is 5.49. The highest BCUT2D eigenvalue weighted by Gasteiger charge is 2.26. The van der Waals surface area contributed by atoms with E-state index in [1.165, 1.54) is 10.6 Å². The Hall–Kier alpha value is -1.26. The Morgan fingerprint density at radius 3 is 3.12 bits per heavy atom. The third kappa shape index (κ3) is 1.54. The smallest absolute Gasteiger partial charge is 0.142 e. The predicted molar refractivity (Wildman–Crippen MR) is 65.5 cm³/mol. The van der Waals surface area contributed by atoms with Crippen LogP contribution in [-0.2, 0) is 6.42 Å². The number of hydrogen-bond donors (Lipinski definition) is 1. The third-order valence-corrected chi connectivity index (χ3v) is 4.16. The molecule has 2 heterocycles. The molecule has 0 saturated carbocycles. The second-order valence-corrected chi connectivity index (χ2v) is 5.10. The molecular formula is C12H13N3S. The molecule has 4 heteroatoms. The van der Waals surface area contributed by atoms with Crippen molar-refractivity contribution in [2.45, 2.75) is 18.8 Å². The predicted octanol–water partition coefficient (Wildman–Crippen LogP) is 2.19. The number of fused-ring (bicyclic) bond motifs is 1. The summed E-state index contributed by atoms with van der Waals surface area (Å²) in [6.45, 7) is 0.707. The number of nitrogens with two attached hydrogens (primary N) is 1. The Balaban J connectivity index is 2.00. The zero-order valence-corrected chi connectivity index (χ0v) is 9.70. The highest BCUT2D eigenvalue weighted by Crippen LogP contribution is 2.38. The molecule has 82 valence electrons. The average Bonchev–Trinajstić information content (AvgIpc) is 2.89. The van der Waals surface area contributed by atoms with Crippen LogP contribution in [0, 0.1) is 0 Å². The van der Waals surface area contributed by atoms with E-state index < -0.39 is 0 Å². The van der Waals surface area contributed by atoms with Crippen molar-refractivity contribution in [1.82, 2.24) is 9.97 Å². The van der Waals surface area contributed by atoms with E-state index in [-0.39, 0.29) is 0 Å². The summed E-state index contributed by atoms with van der Waals surface area (Å²) in [5, 5.41) is 1.03. The first-order chi connectivity index (χ1) is 7.88. The van der Waals surface area contributed by atoms with Gasteiger partial charge in [-0.15, -0.1) is 11.3 Å². The molecule has 16 heavy (non-hydrogen) atoms. The van der Waals surface area contributed by atoms with Crippen LogP contribution in [0.1, 0.15) is 22.9 Å². The topological polar surface area (TPSA) is 51.8 Å². The van der Waals surface area contributed by atoms with Gasteiger partial charge in [0.05, 0.1) is 11.4 Å². The van der Waals surface area contributed by atoms with Gasteiger partial charge in [0.25, 0.3) is 0 Å². The van der Waals surface area contributed by atoms with Crippen molar-refractivity contribution in [3.8, 4) is 10.7 Å². The summed E-state index contributed by atoms with van der Waals surface area (Å²) in [6.07, 6.45) is 4.09. The van der Waals surface area contributed by atoms with Crippen molar-refractivity contribution in [2.75, 3.05) is 6.54 Å². The van der Waals surface area contributed by atoms with Crippen LogP contribution in [0.25, 0.3) is 10.7 Å². The molecule has 0 fully saturated rings. The van der Waals surface area contributed by atoms with E-state index >= 15 is 0 Å². The fraction of sp³-hybridized carbons (Fsp3) is 0.333. The van der Waals surface area contributed by atoms with Gasteiger partial charge >= 0.3 is 0 Å². The first kappa shape index (κ1) is 9.93. The molecule has 2 N–H and O–H groups in total. The van der Waals surface area contributed by atoms with Crippen LogP contribution >= 0.6 is 11.3 Å². The lowest BCUT2D eigenvalue weighted by atomic mass is 10.1. The molecule has 1 aliphatic carbocycles. The van der Waals surface area contributed by atoms with Gasteiger partial charge < -0.3 is 5.73 Å². The molecule has 0 aliphatic heterocycles. The Kier molecular flexibility index (Phi) is 2.46. The van der Waals surface area contributed by atoms with Gasteiger partial charge in [0, 0.05) is 23.5 Å². The summed E-state index contributed by atoms with van der Waals surface area (Å²) in [5.74, 6) is 0.462. The average molecular weight is 231 g/mol. The quantitative estimate of drug-likeness (QED) is 0.862. The minimum absolute atomic E-state index is 0.462. The van der Waals surface area contributed by atoms with Crippen LogP contribution in [0.3, 0.4) is 0 Å². The van der Waals surface area contributed by atoms with Crippen LogP contribution < -0.4 is 5.73 Å². The van der Waals surface area contributed by atoms with Gasteiger partial charge in [-0.25, -0.2) is 4.98 Å². The molecule has 0 spiro atoms. The first-order valence-corrected chi connectivity index (χ1v) is 6.31. The number of thiazole rings is 1. The second-order valence-electron chi connectivity index (χ2n) is 4.01. The van der Waals surface area contributed by atoms with Crippen LogP contribution in [0.15, 0.2) is 24.4 Å². The number of rotatable bonds is 2. The maximum Gasteiger partial charge on any atom is 0.142 e. The summed E-state index contributed by atoms with van der Waals surface area (Å²) in [7, 11) is 0. The summed E-state index contributed by atoms with van der Waals surface area (Å²) in [5.41, 5.74) is 7.93. The lowest BCUT2D eigenvalue weighted by molar-refractivity contribution is 0.674. The molecule has 3 nitrogen and oxygen atoms in total. The number of pyridine rings is 1. The minimum atomic E-state index is 0.462. The molecule has 2 aromatic heterocycles. The SMILES string of the molecule is NCC1CCc2sc(-c3ccccn3)nc21. The second kappa shape index (κ2) is 3.96. The summed E-state index contributed by atoms with van der Waals surface area (Å²) in [4.78, 5) is 10.4. The molecule has 0 aromatic carbocycles. The Morgan fingerprint density at radius 1 is 1.44 bits per heavy atom. The van der Waals surface area contributed by atoms with E-state index in [2.05, 4.69) is 9.97 Å². The number of nitrogens with zero attached hydrogens (tertiary/aromatic N) is 2. The standard InChI is InChI=1S/C12H13N3S/c13-7-8-4-5-10-11(8)15-12(16-10)9-3-1-2-6-14-9/h1-3,6,8H,4-5,7,13H2. The van der Waals surface area contributed by atoms with Crippen molar-refractivity contribution in [1.29, 1.82) is 0 Å². The van der Waals surface area contributed by atoms with Crippen molar-refractivity contribution >= 4 is 11.3 Å². The molecule has 0 amide bonds. The van der Waals surface area contributed by atoms with Crippen molar-refractivity contribution < 1.29 is 0 Å². The van der Waals surface area contributed by atoms with E-state index in [1.807, 2.05) is 24.4 Å². The highest BCUT2D eigenvalue weighted by atomic mass is 32.1. The zero-order chi connectivity index (χ0) is 11.0. The van der Waals surface area contributed by atoms with Gasteiger partial charge in [0.2, 0.25) is 0 Å². The fourth-order valence-corrected chi connectivity index (χ4v) is 3.27. The highest BCUT2D eigenvalue weighted by molar-refractivity contribution is 7.15. The van der Waals surface area contributed by atoms with Gasteiger partial charge in [-0.05, 0) is 25.0 Å². The Labute approximate surface area is 98.4 Å². The maximum atomic E-state index is 5.75. The van der Waals surface area contributed by atoms with E-state index in [1.54, 1.807) is 11.3 Å². The third-order valence-electron chi connectivity index (χ3n) is 3.00. The Bertz CT molecular complexity index is 492. The minimum Gasteiger partial charge on any atom is -0.330 e. The van der Waals surface area contributed by atoms with Crippen LogP contribution in [0.5, 0.6) is 0 Å². The molecule has 0 radical (unpaired) electrons. The van der Waals surface area contributed by atoms with Crippen molar-refractivity contribution in [3.05, 3.63) is 35.0 Å². The molecule has 1 aliphatic rings. The van der Waals surface area contributed by atoms with Crippen molar-refractivity contribution in [3.63, 3.8) is 0 Å². The van der Waals surface area contributed by atoms with Crippen molar-refractivity contribution in [2.24, 2.45) is 5.73 Å². The van der Waals surface area contributed by atoms with E-state index in [0.717, 1.165) is 23.5 Å². The van der Waals surface area contributed by atoms with Crippen LogP contribution in [0.4, 0.5) is 0 Å². The fourth-order valence-electron chi connectivity index (χ4n) is 2.13. The summed E-state index contributed by atoms with van der Waals surface area (Å²) in [6, 6.07) is 5.92. The molecule has 0 bridgehead atoms. The van der Waals surface area contributed by atoms with Gasteiger partial charge in [0.15, 0.2) is 0 Å². The van der Waals surface area contributed by atoms with E-state index in [4.69, 9.17) is 5.73 Å². The Morgan fingerprint density at radius 2 is 2.38 bits per heavy atom. The summed E-state index contributed by atoms with van der Waals surface area (Å²) >= 11 is 1.77. The van der Waals surface area contributed by atoms with Gasteiger partial charge in [-0.3, -0.25) is 4.98 Å². The molecule has 3 rings (SSSR count). The molecule has 0 saturated heterocycles. The zero-order valence-electron chi connectivity index (χ0n) is 8.89. The monoisotopic (exact) mass is 231 g/mol. The largest absolute Gasteiger partial charge is 0.330 e. The van der Waals surface area contributed by atoms with E-state index in [9.17, 15) is 0 Å². The van der Waals surface area contributed by atoms with E-state index in [0.29, 0.717) is 12.5 Å². The molecular weight excluding hydrogens is 218 g/mol. The maximum absolute atomic E-state index is 5.75. The van der Waals surface area contributed by atoms with Gasteiger partial charge in [-0.1, -0.05) is 6.07 Å².